The summed E-state index contributed by atoms with van der Waals surface area (Å²) in [5.74, 6) is 0.963. The van der Waals surface area contributed by atoms with Crippen molar-refractivity contribution in [3.05, 3.63) is 64.2 Å². The number of rotatable bonds is 1. The predicted molar refractivity (Wildman–Crippen MR) is 90.7 cm³/mol. The van der Waals surface area contributed by atoms with Crippen LogP contribution < -0.4 is 4.74 Å². The number of nitrogens with zero attached hydrogens (tertiary/aromatic N) is 1. The molecule has 2 heterocycles. The van der Waals surface area contributed by atoms with Gasteiger partial charge in [0.2, 0.25) is 0 Å². The molecular weight excluding hydrogens is 286 g/mol. The van der Waals surface area contributed by atoms with Gasteiger partial charge in [0.25, 0.3) is 0 Å². The Morgan fingerprint density at radius 1 is 1.13 bits per heavy atom. The summed E-state index contributed by atoms with van der Waals surface area (Å²) in [6.07, 6.45) is 0.564. The highest BCUT2D eigenvalue weighted by Crippen LogP contribution is 2.40. The van der Waals surface area contributed by atoms with Crippen LogP contribution in [0.2, 0.25) is 0 Å². The van der Waals surface area contributed by atoms with E-state index < -0.39 is 6.10 Å². The van der Waals surface area contributed by atoms with E-state index in [9.17, 15) is 5.11 Å². The molecule has 2 aromatic carbocycles. The van der Waals surface area contributed by atoms with E-state index in [-0.39, 0.29) is 6.04 Å². The molecule has 4 rings (SSSR count). The van der Waals surface area contributed by atoms with Crippen LogP contribution in [-0.4, -0.2) is 29.3 Å². The highest BCUT2D eigenvalue weighted by Gasteiger charge is 2.36. The molecule has 120 valence electrons. The minimum absolute atomic E-state index is 0.0192. The zero-order chi connectivity index (χ0) is 16.0. The smallest absolute Gasteiger partial charge is 0.127 e. The molecule has 0 aromatic heterocycles. The molecule has 23 heavy (non-hydrogen) atoms. The van der Waals surface area contributed by atoms with Crippen molar-refractivity contribution in [1.29, 1.82) is 0 Å². The number of aliphatic hydroxyl groups is 1. The lowest BCUT2D eigenvalue weighted by Gasteiger charge is -2.41. The van der Waals surface area contributed by atoms with Crippen molar-refractivity contribution in [3.63, 3.8) is 0 Å². The first-order valence-electron chi connectivity index (χ1n) is 8.36. The zero-order valence-corrected chi connectivity index (χ0v) is 13.7. The van der Waals surface area contributed by atoms with E-state index in [1.165, 1.54) is 16.7 Å². The van der Waals surface area contributed by atoms with Crippen LogP contribution in [0.25, 0.3) is 0 Å². The van der Waals surface area contributed by atoms with Crippen molar-refractivity contribution in [3.8, 4) is 5.75 Å². The molecule has 3 nitrogen and oxygen atoms in total. The molecule has 2 unspecified atom stereocenters. The van der Waals surface area contributed by atoms with E-state index in [2.05, 4.69) is 55.1 Å². The Balaban J connectivity index is 1.73. The van der Waals surface area contributed by atoms with Crippen LogP contribution in [0.3, 0.4) is 0 Å². The van der Waals surface area contributed by atoms with Gasteiger partial charge >= 0.3 is 0 Å². The minimum atomic E-state index is -0.478. The molecule has 0 fully saturated rings. The Kier molecular flexibility index (Phi) is 3.63. The monoisotopic (exact) mass is 309 g/mol. The van der Waals surface area contributed by atoms with Crippen molar-refractivity contribution in [2.24, 2.45) is 0 Å². The topological polar surface area (TPSA) is 32.7 Å². The van der Waals surface area contributed by atoms with Gasteiger partial charge in [0.1, 0.15) is 18.5 Å². The Morgan fingerprint density at radius 2 is 1.91 bits per heavy atom. The lowest BCUT2D eigenvalue weighted by atomic mass is 9.90. The molecule has 0 aliphatic carbocycles. The maximum atomic E-state index is 10.6. The highest BCUT2D eigenvalue weighted by molar-refractivity contribution is 5.47. The quantitative estimate of drug-likeness (QED) is 0.878. The molecule has 0 saturated carbocycles. The van der Waals surface area contributed by atoms with E-state index in [0.717, 1.165) is 36.4 Å². The largest absolute Gasteiger partial charge is 0.490 e. The van der Waals surface area contributed by atoms with Gasteiger partial charge in [0, 0.05) is 18.7 Å². The average Bonchev–Trinajstić information content (AvgIpc) is 2.54. The fourth-order valence-corrected chi connectivity index (χ4v) is 4.07. The summed E-state index contributed by atoms with van der Waals surface area (Å²) >= 11 is 0. The van der Waals surface area contributed by atoms with Gasteiger partial charge in [-0.05, 0) is 37.0 Å². The van der Waals surface area contributed by atoms with Crippen molar-refractivity contribution < 1.29 is 9.84 Å². The number of hydrogen-bond acceptors (Lipinski definition) is 3. The number of fused-ring (bicyclic) bond motifs is 2. The summed E-state index contributed by atoms with van der Waals surface area (Å²) in [4.78, 5) is 2.41. The van der Waals surface area contributed by atoms with Gasteiger partial charge in [-0.15, -0.1) is 0 Å². The lowest BCUT2D eigenvalue weighted by molar-refractivity contribution is -0.00579. The van der Waals surface area contributed by atoms with Crippen molar-refractivity contribution in [2.45, 2.75) is 39.0 Å². The summed E-state index contributed by atoms with van der Waals surface area (Å²) in [5.41, 5.74) is 6.34. The Bertz CT molecular complexity index is 740. The number of ether oxygens (including phenoxy) is 1. The summed E-state index contributed by atoms with van der Waals surface area (Å²) in [7, 11) is 0. The number of benzene rings is 2. The second kappa shape index (κ2) is 5.66. The van der Waals surface area contributed by atoms with Gasteiger partial charge in [-0.2, -0.15) is 0 Å². The molecule has 0 bridgehead atoms. The number of aryl methyl sites for hydroxylation is 2. The molecule has 0 radical (unpaired) electrons. The van der Waals surface area contributed by atoms with Gasteiger partial charge < -0.3 is 9.84 Å². The molecule has 0 amide bonds. The molecular formula is C20H23NO2. The Labute approximate surface area is 137 Å². The van der Waals surface area contributed by atoms with E-state index in [1.807, 2.05) is 0 Å². The van der Waals surface area contributed by atoms with Crippen molar-refractivity contribution in [1.82, 2.24) is 4.90 Å². The van der Waals surface area contributed by atoms with E-state index in [4.69, 9.17) is 4.74 Å². The third kappa shape index (κ3) is 2.54. The van der Waals surface area contributed by atoms with Crippen LogP contribution in [-0.2, 0) is 13.0 Å². The fraction of sp³-hybridized carbons (Fsp3) is 0.400. The molecule has 2 atom stereocenters. The predicted octanol–water partition coefficient (Wildman–Crippen LogP) is 3.16. The number of hydrogen-bond donors (Lipinski definition) is 1. The minimum Gasteiger partial charge on any atom is -0.490 e. The van der Waals surface area contributed by atoms with E-state index >= 15 is 0 Å². The Hall–Kier alpha value is -1.84. The van der Waals surface area contributed by atoms with Crippen LogP contribution in [0, 0.1) is 13.8 Å². The maximum Gasteiger partial charge on any atom is 0.127 e. The number of aliphatic hydroxyl groups excluding tert-OH is 1. The SMILES string of the molecule is Cc1cc(C)c2c(c1)C(N1CCc3ccccc3C1)C(O)CO2. The van der Waals surface area contributed by atoms with Crippen molar-refractivity contribution in [2.75, 3.05) is 13.2 Å². The van der Waals surface area contributed by atoms with Crippen LogP contribution in [0.1, 0.15) is 33.9 Å². The lowest BCUT2D eigenvalue weighted by Crippen LogP contribution is -2.44. The van der Waals surface area contributed by atoms with E-state index in [1.54, 1.807) is 0 Å². The molecule has 0 spiro atoms. The van der Waals surface area contributed by atoms with Crippen LogP contribution in [0.15, 0.2) is 36.4 Å². The molecule has 3 heteroatoms. The van der Waals surface area contributed by atoms with Gasteiger partial charge in [-0.3, -0.25) is 4.90 Å². The highest BCUT2D eigenvalue weighted by atomic mass is 16.5. The first-order valence-corrected chi connectivity index (χ1v) is 8.36. The first-order chi connectivity index (χ1) is 11.1. The van der Waals surface area contributed by atoms with E-state index in [0.29, 0.717) is 6.61 Å². The zero-order valence-electron chi connectivity index (χ0n) is 13.7. The van der Waals surface area contributed by atoms with Crippen molar-refractivity contribution >= 4 is 0 Å². The molecule has 1 N–H and O–H groups in total. The summed E-state index contributed by atoms with van der Waals surface area (Å²) in [6, 6.07) is 13.0. The van der Waals surface area contributed by atoms with Gasteiger partial charge in [-0.1, -0.05) is 42.0 Å². The third-order valence-electron chi connectivity index (χ3n) is 5.08. The second-order valence-electron chi connectivity index (χ2n) is 6.81. The maximum absolute atomic E-state index is 10.6. The van der Waals surface area contributed by atoms with Crippen LogP contribution in [0.4, 0.5) is 0 Å². The standard InChI is InChI=1S/C20H23NO2/c1-13-9-14(2)20-17(10-13)19(18(22)12-23-20)21-8-7-15-5-3-4-6-16(15)11-21/h3-6,9-10,18-19,22H,7-8,11-12H2,1-2H3. The Morgan fingerprint density at radius 3 is 2.74 bits per heavy atom. The first kappa shape index (κ1) is 14.7. The fourth-order valence-electron chi connectivity index (χ4n) is 4.07. The summed E-state index contributed by atoms with van der Waals surface area (Å²) in [5, 5.41) is 10.6. The molecule has 0 saturated heterocycles. The summed E-state index contributed by atoms with van der Waals surface area (Å²) in [6.45, 7) is 6.44. The van der Waals surface area contributed by atoms with Gasteiger partial charge in [-0.25, -0.2) is 0 Å². The van der Waals surface area contributed by atoms with Gasteiger partial charge in [0.15, 0.2) is 0 Å². The van der Waals surface area contributed by atoms with Crippen LogP contribution >= 0.6 is 0 Å². The third-order valence-corrected chi connectivity index (χ3v) is 5.08. The van der Waals surface area contributed by atoms with Gasteiger partial charge in [0.05, 0.1) is 6.04 Å². The molecule has 2 aromatic rings. The average molecular weight is 309 g/mol. The normalized spacial score (nSPS) is 23.8. The molecule has 2 aliphatic rings. The molecule has 2 aliphatic heterocycles. The summed E-state index contributed by atoms with van der Waals surface area (Å²) < 4.78 is 5.84. The van der Waals surface area contributed by atoms with Crippen LogP contribution in [0.5, 0.6) is 5.75 Å². The second-order valence-corrected chi connectivity index (χ2v) is 6.81.